The highest BCUT2D eigenvalue weighted by Crippen LogP contribution is 2.20. The highest BCUT2D eigenvalue weighted by Gasteiger charge is 2.40. The zero-order chi connectivity index (χ0) is 16.9. The lowest BCUT2D eigenvalue weighted by Crippen LogP contribution is -2.41. The van der Waals surface area contributed by atoms with E-state index in [1.807, 2.05) is 6.08 Å². The number of aliphatic hydroxyl groups excluding tert-OH is 3. The number of unbranched alkanes of at least 4 members (excludes halogenated alkanes) is 8. The average Bonchev–Trinajstić information content (AvgIpc) is 2.93. The molecule has 5 heteroatoms. The predicted molar refractivity (Wildman–Crippen MR) is 90.3 cm³/mol. The SMILES string of the molecule is C=CCCCCCCCCCCO[C@H]1CO[C@@H]([C@H](O)CO)[C@H]1O. The molecule has 0 saturated carbocycles. The fourth-order valence-corrected chi connectivity index (χ4v) is 2.89. The quantitative estimate of drug-likeness (QED) is 0.336. The minimum Gasteiger partial charge on any atom is -0.394 e. The fourth-order valence-electron chi connectivity index (χ4n) is 2.89. The van der Waals surface area contributed by atoms with Crippen molar-refractivity contribution in [3.05, 3.63) is 12.7 Å². The Morgan fingerprint density at radius 1 is 1.09 bits per heavy atom. The Morgan fingerprint density at radius 3 is 2.30 bits per heavy atom. The first-order valence-electron chi connectivity index (χ1n) is 9.01. The Balaban J connectivity index is 1.92. The van der Waals surface area contributed by atoms with Gasteiger partial charge in [-0.25, -0.2) is 0 Å². The van der Waals surface area contributed by atoms with Crippen LogP contribution in [0.4, 0.5) is 0 Å². The molecule has 0 aromatic rings. The second kappa shape index (κ2) is 12.9. The van der Waals surface area contributed by atoms with Gasteiger partial charge in [-0.1, -0.05) is 44.6 Å². The molecule has 23 heavy (non-hydrogen) atoms. The molecule has 1 fully saturated rings. The molecule has 0 radical (unpaired) electrons. The number of hydrogen-bond donors (Lipinski definition) is 3. The van der Waals surface area contributed by atoms with E-state index in [2.05, 4.69) is 6.58 Å². The van der Waals surface area contributed by atoms with E-state index in [0.717, 1.165) is 19.3 Å². The van der Waals surface area contributed by atoms with Crippen molar-refractivity contribution in [2.45, 2.75) is 82.2 Å². The van der Waals surface area contributed by atoms with Gasteiger partial charge in [0.05, 0.1) is 13.2 Å². The van der Waals surface area contributed by atoms with Crippen molar-refractivity contribution < 1.29 is 24.8 Å². The van der Waals surface area contributed by atoms with Crippen molar-refractivity contribution in [3.8, 4) is 0 Å². The Hall–Kier alpha value is -0.460. The molecule has 5 nitrogen and oxygen atoms in total. The van der Waals surface area contributed by atoms with E-state index in [1.54, 1.807) is 0 Å². The van der Waals surface area contributed by atoms with Gasteiger partial charge < -0.3 is 24.8 Å². The summed E-state index contributed by atoms with van der Waals surface area (Å²) in [6.45, 7) is 4.19. The van der Waals surface area contributed by atoms with Crippen LogP contribution in [0.3, 0.4) is 0 Å². The van der Waals surface area contributed by atoms with Crippen LogP contribution in [0.1, 0.15) is 57.8 Å². The molecule has 0 aromatic carbocycles. The van der Waals surface area contributed by atoms with Crippen LogP contribution < -0.4 is 0 Å². The van der Waals surface area contributed by atoms with Gasteiger partial charge in [-0.05, 0) is 19.3 Å². The summed E-state index contributed by atoms with van der Waals surface area (Å²) in [5.74, 6) is 0. The molecule has 1 saturated heterocycles. The predicted octanol–water partition coefficient (Wildman–Crippen LogP) is 2.18. The fraction of sp³-hybridized carbons (Fsp3) is 0.889. The zero-order valence-electron chi connectivity index (χ0n) is 14.2. The maximum atomic E-state index is 9.98. The highest BCUT2D eigenvalue weighted by atomic mass is 16.6. The van der Waals surface area contributed by atoms with Crippen LogP contribution in [0.25, 0.3) is 0 Å². The summed E-state index contributed by atoms with van der Waals surface area (Å²) in [5.41, 5.74) is 0. The summed E-state index contributed by atoms with van der Waals surface area (Å²) in [6, 6.07) is 0. The van der Waals surface area contributed by atoms with Crippen LogP contribution in [0.15, 0.2) is 12.7 Å². The van der Waals surface area contributed by atoms with E-state index in [9.17, 15) is 10.2 Å². The summed E-state index contributed by atoms with van der Waals surface area (Å²) < 4.78 is 10.9. The van der Waals surface area contributed by atoms with Crippen LogP contribution in [0.2, 0.25) is 0 Å². The standard InChI is InChI=1S/C18H34O5/c1-2-3-4-5-6-7-8-9-10-11-12-22-16-14-23-18(17(16)21)15(20)13-19/h2,15-21H,1,3-14H2/t15-,16+,17+,18+/m1/s1. The molecule has 0 unspecified atom stereocenters. The maximum absolute atomic E-state index is 9.98. The normalized spacial score (nSPS) is 25.6. The van der Waals surface area contributed by atoms with Gasteiger partial charge in [-0.3, -0.25) is 0 Å². The monoisotopic (exact) mass is 330 g/mol. The first-order chi connectivity index (χ1) is 11.2. The molecule has 1 aliphatic heterocycles. The summed E-state index contributed by atoms with van der Waals surface area (Å²) in [5, 5.41) is 28.4. The Labute approximate surface area is 140 Å². The minimum absolute atomic E-state index is 0.271. The van der Waals surface area contributed by atoms with Gasteiger partial charge in [0.2, 0.25) is 0 Å². The molecule has 0 aromatic heterocycles. The van der Waals surface area contributed by atoms with Gasteiger partial charge in [0, 0.05) is 6.61 Å². The number of ether oxygens (including phenoxy) is 2. The van der Waals surface area contributed by atoms with E-state index in [-0.39, 0.29) is 6.61 Å². The molecule has 0 bridgehead atoms. The first-order valence-corrected chi connectivity index (χ1v) is 9.01. The molecule has 1 rings (SSSR count). The van der Waals surface area contributed by atoms with Gasteiger partial charge in [0.25, 0.3) is 0 Å². The summed E-state index contributed by atoms with van der Waals surface area (Å²) in [4.78, 5) is 0. The summed E-state index contributed by atoms with van der Waals surface area (Å²) in [7, 11) is 0. The number of aliphatic hydroxyl groups is 3. The van der Waals surface area contributed by atoms with E-state index in [0.29, 0.717) is 6.61 Å². The van der Waals surface area contributed by atoms with Crippen molar-refractivity contribution in [2.24, 2.45) is 0 Å². The lowest BCUT2D eigenvalue weighted by molar-refractivity contribution is -0.0730. The van der Waals surface area contributed by atoms with Gasteiger partial charge in [-0.15, -0.1) is 6.58 Å². The van der Waals surface area contributed by atoms with Crippen molar-refractivity contribution in [1.29, 1.82) is 0 Å². The lowest BCUT2D eigenvalue weighted by atomic mass is 10.1. The smallest absolute Gasteiger partial charge is 0.114 e. The van der Waals surface area contributed by atoms with E-state index in [1.165, 1.54) is 38.5 Å². The van der Waals surface area contributed by atoms with Crippen molar-refractivity contribution in [2.75, 3.05) is 19.8 Å². The molecule has 136 valence electrons. The van der Waals surface area contributed by atoms with Gasteiger partial charge >= 0.3 is 0 Å². The number of allylic oxidation sites excluding steroid dienone is 1. The third kappa shape index (κ3) is 8.27. The second-order valence-corrected chi connectivity index (χ2v) is 6.35. The van der Waals surface area contributed by atoms with Crippen molar-refractivity contribution in [3.63, 3.8) is 0 Å². The van der Waals surface area contributed by atoms with E-state index in [4.69, 9.17) is 14.6 Å². The topological polar surface area (TPSA) is 79.2 Å². The highest BCUT2D eigenvalue weighted by molar-refractivity contribution is 4.88. The van der Waals surface area contributed by atoms with Gasteiger partial charge in [0.15, 0.2) is 0 Å². The zero-order valence-corrected chi connectivity index (χ0v) is 14.2. The average molecular weight is 330 g/mol. The van der Waals surface area contributed by atoms with Crippen LogP contribution in [0.5, 0.6) is 0 Å². The molecule has 0 amide bonds. The molecule has 0 spiro atoms. The molecular weight excluding hydrogens is 296 g/mol. The number of hydrogen-bond acceptors (Lipinski definition) is 5. The van der Waals surface area contributed by atoms with Crippen LogP contribution in [0, 0.1) is 0 Å². The largest absolute Gasteiger partial charge is 0.394 e. The maximum Gasteiger partial charge on any atom is 0.114 e. The van der Waals surface area contributed by atoms with Gasteiger partial charge in [-0.2, -0.15) is 0 Å². The Morgan fingerprint density at radius 2 is 1.70 bits per heavy atom. The molecule has 1 aliphatic rings. The van der Waals surface area contributed by atoms with E-state index < -0.39 is 31.0 Å². The number of rotatable bonds is 14. The minimum atomic E-state index is -1.05. The third-order valence-corrected chi connectivity index (χ3v) is 4.37. The first kappa shape index (κ1) is 20.6. The van der Waals surface area contributed by atoms with Crippen molar-refractivity contribution in [1.82, 2.24) is 0 Å². The molecule has 3 N–H and O–H groups in total. The van der Waals surface area contributed by atoms with Crippen LogP contribution >= 0.6 is 0 Å². The van der Waals surface area contributed by atoms with Gasteiger partial charge in [0.1, 0.15) is 24.4 Å². The molecule has 4 atom stereocenters. The molecule has 1 heterocycles. The lowest BCUT2D eigenvalue weighted by Gasteiger charge is -2.20. The van der Waals surface area contributed by atoms with Crippen molar-refractivity contribution >= 4 is 0 Å². The van der Waals surface area contributed by atoms with E-state index >= 15 is 0 Å². The Kier molecular flexibility index (Phi) is 11.5. The summed E-state index contributed by atoms with van der Waals surface area (Å²) in [6.07, 6.45) is 9.84. The summed E-state index contributed by atoms with van der Waals surface area (Å²) >= 11 is 0. The van der Waals surface area contributed by atoms with Crippen LogP contribution in [-0.4, -0.2) is 59.6 Å². The molecule has 0 aliphatic carbocycles. The molecular formula is C18H34O5. The second-order valence-electron chi connectivity index (χ2n) is 6.35. The Bertz CT molecular complexity index is 297. The van der Waals surface area contributed by atoms with Crippen LogP contribution in [-0.2, 0) is 9.47 Å². The third-order valence-electron chi connectivity index (χ3n) is 4.37.